The van der Waals surface area contributed by atoms with Crippen LogP contribution in [0.4, 0.5) is 16.2 Å². The van der Waals surface area contributed by atoms with Gasteiger partial charge in [-0.1, -0.05) is 90.1 Å². The fourth-order valence-electron chi connectivity index (χ4n) is 13.6. The number of hydrogen-bond acceptors (Lipinski definition) is 19. The van der Waals surface area contributed by atoms with Gasteiger partial charge in [0.25, 0.3) is 17.7 Å². The second-order valence-corrected chi connectivity index (χ2v) is 27.4. The Labute approximate surface area is 583 Å². The molecule has 1 saturated heterocycles. The summed E-state index contributed by atoms with van der Waals surface area (Å²) in [6.45, 7) is 17.8. The summed E-state index contributed by atoms with van der Waals surface area (Å²) in [5.74, 6) is -8.34. The number of phenolic OH excluding ortho intramolecular Hbond substituents is 1. The van der Waals surface area contributed by atoms with E-state index < -0.39 is 123 Å². The van der Waals surface area contributed by atoms with Crippen LogP contribution in [0, 0.1) is 36.5 Å². The van der Waals surface area contributed by atoms with E-state index in [1.165, 1.54) is 33.1 Å². The minimum atomic E-state index is -1.94. The number of imide groups is 1. The van der Waals surface area contributed by atoms with Gasteiger partial charge < -0.3 is 71.4 Å². The van der Waals surface area contributed by atoms with Crippen molar-refractivity contribution in [2.45, 2.75) is 163 Å². The topological polar surface area (TPSA) is 387 Å². The molecule has 27 heteroatoms. The Bertz CT molecular complexity index is 4370. The number of nitrogens with zero attached hydrogens (tertiary/aromatic N) is 3. The van der Waals surface area contributed by atoms with Gasteiger partial charge in [-0.2, -0.15) is 0 Å². The molecule has 0 spiro atoms. The van der Waals surface area contributed by atoms with Gasteiger partial charge in [0.05, 0.1) is 16.9 Å². The fourth-order valence-corrected chi connectivity index (χ4v) is 13.6. The maximum Gasteiger partial charge on any atom is 0.312 e. The van der Waals surface area contributed by atoms with Crippen LogP contribution >= 0.6 is 0 Å². The molecule has 10 N–H and O–H groups in total. The summed E-state index contributed by atoms with van der Waals surface area (Å²) in [5, 5.41) is 40.3. The van der Waals surface area contributed by atoms with E-state index in [2.05, 4.69) is 52.7 Å². The number of urea groups is 1. The van der Waals surface area contributed by atoms with Crippen LogP contribution in [0.25, 0.3) is 38.7 Å². The summed E-state index contributed by atoms with van der Waals surface area (Å²) in [6.07, 6.45) is 12.7. The molecule has 538 valence electrons. The number of carbonyl (C=O) groups is 9. The normalized spacial score (nSPS) is 22.8. The molecule has 9 rings (SSSR count). The molecule has 0 unspecified atom stereocenters. The van der Waals surface area contributed by atoms with E-state index in [0.717, 1.165) is 29.9 Å². The molecule has 9 atom stereocenters. The number of aliphatic hydroxyl groups is 1. The highest BCUT2D eigenvalue weighted by molar-refractivity contribution is 6.17. The van der Waals surface area contributed by atoms with E-state index in [-0.39, 0.29) is 131 Å². The minimum Gasteiger partial charge on any atom is -0.507 e. The van der Waals surface area contributed by atoms with Crippen LogP contribution < -0.4 is 63.3 Å². The van der Waals surface area contributed by atoms with Gasteiger partial charge in [0.2, 0.25) is 34.5 Å². The fraction of sp³-hybridized carbons (Fsp3) is 0.459. The van der Waals surface area contributed by atoms with Crippen molar-refractivity contribution < 1.29 is 72.0 Å². The third-order valence-corrected chi connectivity index (χ3v) is 18.9. The van der Waals surface area contributed by atoms with Crippen molar-refractivity contribution in [1.29, 1.82) is 0 Å². The van der Waals surface area contributed by atoms with Crippen LogP contribution in [0.2, 0.25) is 0 Å². The van der Waals surface area contributed by atoms with Gasteiger partial charge in [-0.3, -0.25) is 52.8 Å². The average molecular weight is 1390 g/mol. The zero-order chi connectivity index (χ0) is 73.3. The van der Waals surface area contributed by atoms with Gasteiger partial charge in [0.15, 0.2) is 22.4 Å². The number of primary amides is 1. The zero-order valence-corrected chi connectivity index (χ0v) is 58.5. The Hall–Kier alpha value is -10.6. The SMILES string of the molecule is CC(=O)O[C@@H]1[C@H](C)C/C=C/O[C@@]2(C)Oc3c(C)c(O)c4c(=O)c(c5oc6cc(N7CCC(NC(=O)[C@H](Cc8ccccc8)NC(=O)[C@H](CCCNC(N)=O)NC(=O)[C@@H](NC(=O)CCN8C(=O)C=CC8=O)C(C)C)CC7)cc(=O)c6nc5c4c3=C2O)NC(=O)/C(C)=C\C=C\[C@H](C)C[C@@H](C)C[C@H]1C. The molecule has 4 aliphatic heterocycles. The summed E-state index contributed by atoms with van der Waals surface area (Å²) >= 11 is 0. The quantitative estimate of drug-likeness (QED) is 0.0146. The molecule has 0 saturated carbocycles. The lowest BCUT2D eigenvalue weighted by Crippen LogP contribution is -2.59. The van der Waals surface area contributed by atoms with E-state index in [1.54, 1.807) is 75.4 Å². The largest absolute Gasteiger partial charge is 0.507 e. The first-order valence-corrected chi connectivity index (χ1v) is 34.2. The highest BCUT2D eigenvalue weighted by Crippen LogP contribution is 2.42. The third kappa shape index (κ3) is 17.5. The lowest BCUT2D eigenvalue weighted by Gasteiger charge is -2.34. The Morgan fingerprint density at radius 1 is 0.861 bits per heavy atom. The van der Waals surface area contributed by atoms with Gasteiger partial charge in [-0.25, -0.2) is 9.78 Å². The average Bonchev–Trinajstić information content (AvgIpc) is 1.69. The summed E-state index contributed by atoms with van der Waals surface area (Å²) in [4.78, 5) is 156. The molecule has 1 fully saturated rings. The van der Waals surface area contributed by atoms with Gasteiger partial charge >= 0.3 is 17.8 Å². The van der Waals surface area contributed by atoms with Crippen LogP contribution in [-0.4, -0.2) is 136 Å². The number of phenols is 1. The number of piperidine rings is 1. The number of aromatic hydroxyl groups is 1. The Balaban J connectivity index is 0.994. The number of nitrogens with one attached hydrogen (secondary N) is 6. The number of carbonyl (C=O) groups excluding carboxylic acids is 9. The molecule has 1 aromatic heterocycles. The van der Waals surface area contributed by atoms with Gasteiger partial charge in [-0.15, -0.1) is 0 Å². The van der Waals surface area contributed by atoms with E-state index in [9.17, 15) is 58.2 Å². The van der Waals surface area contributed by atoms with Crippen molar-refractivity contribution in [2.75, 3.05) is 36.4 Å². The second kappa shape index (κ2) is 32.2. The number of fused-ring (bicyclic) bond motifs is 2. The van der Waals surface area contributed by atoms with Gasteiger partial charge in [0.1, 0.15) is 46.9 Å². The molecule has 27 nitrogen and oxygen atoms in total. The Morgan fingerprint density at radius 3 is 2.23 bits per heavy atom. The highest BCUT2D eigenvalue weighted by atomic mass is 16.7. The third-order valence-electron chi connectivity index (χ3n) is 18.9. The Kier molecular flexibility index (Phi) is 23.8. The van der Waals surface area contributed by atoms with Crippen molar-refractivity contribution in [2.24, 2.45) is 35.3 Å². The number of nitrogens with two attached hydrogens (primary N) is 1. The summed E-state index contributed by atoms with van der Waals surface area (Å²) in [6, 6.07) is 6.95. The molecule has 101 heavy (non-hydrogen) atoms. The maximum absolute atomic E-state index is 15.2. The van der Waals surface area contributed by atoms with Crippen molar-refractivity contribution >= 4 is 103 Å². The van der Waals surface area contributed by atoms with Crippen LogP contribution in [0.15, 0.2) is 105 Å². The number of allylic oxidation sites excluding steroid dienone is 4. The lowest BCUT2D eigenvalue weighted by molar-refractivity contribution is -0.152. The van der Waals surface area contributed by atoms with Crippen molar-refractivity contribution in [3.8, 4) is 11.5 Å². The smallest absolute Gasteiger partial charge is 0.312 e. The molecule has 0 aliphatic carbocycles. The number of anilines is 2. The molecule has 5 heterocycles. The van der Waals surface area contributed by atoms with Crippen LogP contribution in [0.3, 0.4) is 0 Å². The lowest BCUT2D eigenvalue weighted by atomic mass is 9.82. The Morgan fingerprint density at radius 2 is 1.55 bits per heavy atom. The first-order chi connectivity index (χ1) is 47.9. The molecule has 0 radical (unpaired) electrons. The van der Waals surface area contributed by atoms with Crippen LogP contribution in [0.5, 0.6) is 11.5 Å². The maximum atomic E-state index is 15.2. The number of hydrogen-bond donors (Lipinski definition) is 9. The van der Waals surface area contributed by atoms with Gasteiger partial charge in [-0.05, 0) is 100 Å². The molecular formula is C74H90N10O17. The number of amides is 9. The first-order valence-electron chi connectivity index (χ1n) is 34.2. The van der Waals surface area contributed by atoms with E-state index in [4.69, 9.17) is 29.3 Å². The van der Waals surface area contributed by atoms with Crippen molar-refractivity contribution in [3.05, 3.63) is 128 Å². The predicted octanol–water partition coefficient (Wildman–Crippen LogP) is 6.20. The number of aliphatic hydroxyl groups excluding tert-OH is 1. The molecule has 9 amide bonds. The number of rotatable bonds is 19. The number of ether oxygens (including phenoxy) is 3. The van der Waals surface area contributed by atoms with E-state index >= 15 is 4.79 Å². The molecule has 4 aromatic carbocycles. The molecule has 4 bridgehead atoms. The molecule has 5 aromatic rings. The summed E-state index contributed by atoms with van der Waals surface area (Å²) in [5.41, 5.74) is 3.94. The number of esters is 1. The highest BCUT2D eigenvalue weighted by Gasteiger charge is 2.44. The molecule has 4 aliphatic rings. The van der Waals surface area contributed by atoms with E-state index in [0.29, 0.717) is 30.5 Å². The van der Waals surface area contributed by atoms with Crippen molar-refractivity contribution in [1.82, 2.24) is 36.5 Å². The van der Waals surface area contributed by atoms with Gasteiger partial charge in [0, 0.05) is 105 Å². The monoisotopic (exact) mass is 1390 g/mol. The summed E-state index contributed by atoms with van der Waals surface area (Å²) in [7, 11) is 0. The standard InChI is InChI=1S/C74H90N10O17/c1-38(2)59(80-53(87)27-31-84-54(88)23-24-55(84)89)72(96)78-49(22-15-28-76-73(75)97)70(94)79-50(35-46-20-12-11-13-21-46)71(95)77-47-25-29-83(30-26-47)48-36-51(86)60-52(37-48)100-67-61(81-60)56-57-63(90)44(8)66-58(56)68(92)74(10,101-66)98-32-16-19-41(5)65(99-45(9)85)43(7)34-40(4)33-39(3)17-14-18-42(6)69(93)82-62(67)64(57)91/h11-14,16-18,20-21,23-24,32,36-41,43,47,49-50,59,65,90,92H,15,19,22,25-31,33-35H2,1-10H3,(H,77,95)(H,78,96)(H,79,94)(H,80,87)(H,82,93)(H3,75,76,97)/b17-14+,32-16+,42-18-/t39-,40+,41+,43+,49-,50-,59-,65+,74-/m0/s1. The second-order valence-electron chi connectivity index (χ2n) is 27.4. The number of benzene rings is 4. The van der Waals surface area contributed by atoms with Crippen LogP contribution in [-0.2, 0) is 54.3 Å². The zero-order valence-electron chi connectivity index (χ0n) is 58.5. The van der Waals surface area contributed by atoms with Crippen molar-refractivity contribution in [3.63, 3.8) is 0 Å². The first kappa shape index (κ1) is 74.6. The summed E-state index contributed by atoms with van der Waals surface area (Å²) < 4.78 is 25.0. The predicted molar refractivity (Wildman–Crippen MR) is 378 cm³/mol. The van der Waals surface area contributed by atoms with E-state index in [1.807, 2.05) is 17.9 Å². The van der Waals surface area contributed by atoms with Crippen LogP contribution in [0.1, 0.15) is 125 Å². The molecular weight excluding hydrogens is 1300 g/mol. The number of aromatic nitrogens is 1. The minimum absolute atomic E-state index is 0.00873.